The molecule has 5 fully saturated rings. The molecule has 10 unspecified atom stereocenters. The molecule has 10 atom stereocenters. The number of esters is 1. The van der Waals surface area contributed by atoms with E-state index in [9.17, 15) is 14.4 Å². The van der Waals surface area contributed by atoms with Crippen LogP contribution in [0.2, 0.25) is 0 Å². The first-order chi connectivity index (χ1) is 24.7. The van der Waals surface area contributed by atoms with Gasteiger partial charge >= 0.3 is 5.97 Å². The van der Waals surface area contributed by atoms with Crippen molar-refractivity contribution in [3.05, 3.63) is 35.5 Å². The van der Waals surface area contributed by atoms with Crippen LogP contribution in [-0.2, 0) is 23.9 Å². The van der Waals surface area contributed by atoms with Gasteiger partial charge in [-0.05, 0) is 102 Å². The van der Waals surface area contributed by atoms with Crippen molar-refractivity contribution in [2.24, 2.45) is 40.3 Å². The number of fused-ring (bicyclic) bond motifs is 3. The first-order valence-electron chi connectivity index (χ1n) is 19.9. The second kappa shape index (κ2) is 14.9. The fourth-order valence-corrected chi connectivity index (χ4v) is 10.7. The summed E-state index contributed by atoms with van der Waals surface area (Å²) in [7, 11) is 1.80. The molecule has 3 aliphatic heterocycles. The minimum Gasteiger partial charge on any atom is -0.463 e. The molecule has 3 saturated heterocycles. The third-order valence-corrected chi connectivity index (χ3v) is 13.4. The fourth-order valence-electron chi connectivity index (χ4n) is 10.7. The highest BCUT2D eigenvalue weighted by molar-refractivity contribution is 6.23. The van der Waals surface area contributed by atoms with Crippen molar-refractivity contribution >= 4 is 23.5 Å². The zero-order valence-electron chi connectivity index (χ0n) is 30.9. The number of nitrogens with two attached hydrogens (primary N) is 1. The number of nitrogens with one attached hydrogen (secondary N) is 4. The maximum Gasteiger partial charge on any atom is 0.350 e. The number of allylic oxidation sites excluding steroid dienone is 3. The summed E-state index contributed by atoms with van der Waals surface area (Å²) >= 11 is 0. The van der Waals surface area contributed by atoms with Gasteiger partial charge in [0.1, 0.15) is 0 Å². The molecule has 0 radical (unpaired) electrons. The summed E-state index contributed by atoms with van der Waals surface area (Å²) in [6, 6.07) is 0.0732. The molecule has 0 spiro atoms. The van der Waals surface area contributed by atoms with E-state index in [2.05, 4.69) is 64.4 Å². The fraction of sp³-hybridized carbons (Fsp3) is 0.750. The number of Topliss-reactive ketones (excluding diaryl/α,β-unsaturated/α-hetero) is 2. The van der Waals surface area contributed by atoms with Crippen LogP contribution >= 0.6 is 0 Å². The van der Waals surface area contributed by atoms with Crippen LogP contribution in [0.3, 0.4) is 0 Å². The van der Waals surface area contributed by atoms with Crippen LogP contribution in [0.1, 0.15) is 97.3 Å². The van der Waals surface area contributed by atoms with Crippen molar-refractivity contribution in [1.29, 1.82) is 0 Å². The molecule has 7 aliphatic rings. The normalized spacial score (nSPS) is 41.6. The molecule has 0 aromatic rings. The molecule has 11 nitrogen and oxygen atoms in total. The van der Waals surface area contributed by atoms with Gasteiger partial charge in [0.25, 0.3) is 5.60 Å². The Morgan fingerprint density at radius 3 is 2.69 bits per heavy atom. The van der Waals surface area contributed by atoms with Crippen LogP contribution < -0.4 is 27.0 Å². The third kappa shape index (κ3) is 6.65. The molecule has 11 heteroatoms. The predicted molar refractivity (Wildman–Crippen MR) is 197 cm³/mol. The van der Waals surface area contributed by atoms with E-state index in [-0.39, 0.29) is 48.3 Å². The maximum atomic E-state index is 14.5. The lowest BCUT2D eigenvalue weighted by Crippen LogP contribution is -2.59. The molecule has 2 saturated carbocycles. The van der Waals surface area contributed by atoms with Gasteiger partial charge in [-0.25, -0.2) is 4.79 Å². The van der Waals surface area contributed by atoms with E-state index in [0.717, 1.165) is 95.4 Å². The summed E-state index contributed by atoms with van der Waals surface area (Å²) in [6.07, 6.45) is 19.6. The number of epoxide rings is 1. The molecule has 0 aromatic carbocycles. The summed E-state index contributed by atoms with van der Waals surface area (Å²) in [4.78, 5) is 47.7. The van der Waals surface area contributed by atoms with Gasteiger partial charge in [-0.15, -0.1) is 0 Å². The summed E-state index contributed by atoms with van der Waals surface area (Å²) < 4.78 is 12.5. The van der Waals surface area contributed by atoms with Crippen LogP contribution in [0.25, 0.3) is 0 Å². The Morgan fingerprint density at radius 2 is 1.92 bits per heavy atom. The van der Waals surface area contributed by atoms with Gasteiger partial charge in [0.05, 0.1) is 12.8 Å². The minimum absolute atomic E-state index is 0.0659. The van der Waals surface area contributed by atoms with E-state index in [1.165, 1.54) is 5.57 Å². The second-order valence-corrected chi connectivity index (χ2v) is 16.5. The first kappa shape index (κ1) is 36.5. The van der Waals surface area contributed by atoms with Crippen molar-refractivity contribution < 1.29 is 23.9 Å². The average molecular weight is 705 g/mol. The number of hydrogen-bond donors (Lipinski definition) is 5. The number of hydrogen-bond acceptors (Lipinski definition) is 9. The van der Waals surface area contributed by atoms with Gasteiger partial charge in [0.15, 0.2) is 23.1 Å². The minimum atomic E-state index is -1.86. The predicted octanol–water partition coefficient (Wildman–Crippen LogP) is 3.59. The molecule has 51 heavy (non-hydrogen) atoms. The lowest BCUT2D eigenvalue weighted by Gasteiger charge is -2.45. The highest BCUT2D eigenvalue weighted by Gasteiger charge is 2.86. The quantitative estimate of drug-likeness (QED) is 0.0985. The van der Waals surface area contributed by atoms with E-state index in [1.54, 1.807) is 7.05 Å². The van der Waals surface area contributed by atoms with E-state index in [4.69, 9.17) is 15.2 Å². The Hall–Kier alpha value is -2.86. The number of piperidine rings is 1. The number of rotatable bonds is 10. The number of ether oxygens (including phenoxy) is 2. The molecule has 0 aromatic heterocycles. The van der Waals surface area contributed by atoms with E-state index >= 15 is 0 Å². The van der Waals surface area contributed by atoms with E-state index in [1.807, 2.05) is 0 Å². The third-order valence-electron chi connectivity index (χ3n) is 13.4. The smallest absolute Gasteiger partial charge is 0.350 e. The number of nitrogens with zero attached hydrogens (tertiary/aromatic N) is 1. The lowest BCUT2D eigenvalue weighted by molar-refractivity contribution is -0.160. The summed E-state index contributed by atoms with van der Waals surface area (Å²) in [5.41, 5.74) is 5.22. The van der Waals surface area contributed by atoms with E-state index in [0.29, 0.717) is 24.7 Å². The van der Waals surface area contributed by atoms with E-state index < -0.39 is 29.0 Å². The highest BCUT2D eigenvalue weighted by atomic mass is 16.7. The Balaban J connectivity index is 1.13. The number of carbonyl (C=O) groups is 3. The molecule has 0 amide bonds. The topological polar surface area (TPSA) is 159 Å². The van der Waals surface area contributed by atoms with Crippen LogP contribution in [0.4, 0.5) is 0 Å². The number of carbonyl (C=O) groups excluding carboxylic acids is 3. The largest absolute Gasteiger partial charge is 0.463 e. The molecule has 6 N–H and O–H groups in total. The monoisotopic (exact) mass is 704 g/mol. The summed E-state index contributed by atoms with van der Waals surface area (Å²) in [5, 5.41) is 14.2. The van der Waals surface area contributed by atoms with Gasteiger partial charge in [-0.3, -0.25) is 14.6 Å². The van der Waals surface area contributed by atoms with Gasteiger partial charge in [-0.2, -0.15) is 0 Å². The van der Waals surface area contributed by atoms with Crippen LogP contribution in [-0.4, -0.2) is 85.7 Å². The van der Waals surface area contributed by atoms with Crippen molar-refractivity contribution in [3.8, 4) is 0 Å². The SMILES string of the molecule is CCNC1C=C2C=CCCC2CC1COC(=O)C12OC1(CC=C(C)CC1(C3CCNC(N)C3)CCCNC(=NC)N1)C(=O)C1CCCCC1C2=O. The van der Waals surface area contributed by atoms with Crippen LogP contribution in [0.15, 0.2) is 40.4 Å². The van der Waals surface area contributed by atoms with Gasteiger partial charge in [0.2, 0.25) is 0 Å². The number of aliphatic imine (C=N–C) groups is 1. The molecule has 0 bridgehead atoms. The Labute approximate surface area is 303 Å². The summed E-state index contributed by atoms with van der Waals surface area (Å²) in [5.74, 6) is -0.257. The molecule has 3 heterocycles. The number of likely N-dealkylation sites (N-methyl/N-ethyl adjacent to an activating group) is 1. The Bertz CT molecular complexity index is 1490. The Kier molecular flexibility index (Phi) is 10.6. The number of guanidine groups is 1. The second-order valence-electron chi connectivity index (χ2n) is 16.5. The molecular weight excluding hydrogens is 644 g/mol. The van der Waals surface area contributed by atoms with Crippen LogP contribution in [0.5, 0.6) is 0 Å². The van der Waals surface area contributed by atoms with Crippen molar-refractivity contribution in [2.75, 3.05) is 33.3 Å². The van der Waals surface area contributed by atoms with Crippen molar-refractivity contribution in [1.82, 2.24) is 21.3 Å². The molecular formula is C40H60N6O5. The average Bonchev–Trinajstić information content (AvgIpc) is 3.89. The molecule has 280 valence electrons. The number of ketones is 2. The zero-order chi connectivity index (χ0) is 35.8. The first-order valence-corrected chi connectivity index (χ1v) is 19.9. The van der Waals surface area contributed by atoms with Gasteiger partial charge in [0, 0.05) is 49.3 Å². The standard InChI is InChI=1S/C40H60N6O5/c1-4-43-32-21-27-11-6-5-10-26(27)20-28(32)24-50-36(49)40-35(48)31-13-8-7-12-30(31)34(47)39(40,51-40)17-14-25(2)23-38(29-15-19-44-33(41)22-29)16-9-18-45-37(42-3)46-38/h6,11,14,21,26,28-33,43-44H,4-5,7-10,12-13,15-20,22-24,41H2,1-3H3,(H2,42,45,46). The summed E-state index contributed by atoms with van der Waals surface area (Å²) in [6.45, 7) is 6.86. The molecule has 7 rings (SSSR count). The van der Waals surface area contributed by atoms with Crippen LogP contribution in [0, 0.1) is 29.6 Å². The van der Waals surface area contributed by atoms with Crippen molar-refractivity contribution in [2.45, 2.75) is 126 Å². The van der Waals surface area contributed by atoms with Gasteiger partial charge < -0.3 is 36.5 Å². The van der Waals surface area contributed by atoms with Crippen molar-refractivity contribution in [3.63, 3.8) is 0 Å². The highest BCUT2D eigenvalue weighted by Crippen LogP contribution is 2.61. The lowest BCUT2D eigenvalue weighted by atomic mass is 9.61. The zero-order valence-corrected chi connectivity index (χ0v) is 30.9. The molecule has 4 aliphatic carbocycles. The Morgan fingerprint density at radius 1 is 1.12 bits per heavy atom. The van der Waals surface area contributed by atoms with Gasteiger partial charge in [-0.1, -0.05) is 49.6 Å². The maximum absolute atomic E-state index is 14.5.